The third-order valence-electron chi connectivity index (χ3n) is 3.58. The fourth-order valence-electron chi connectivity index (χ4n) is 2.41. The molecule has 3 atom stereocenters. The van der Waals surface area contributed by atoms with Crippen LogP contribution < -0.4 is 5.32 Å². The van der Waals surface area contributed by atoms with Crippen LogP contribution in [0.2, 0.25) is 0 Å². The van der Waals surface area contributed by atoms with Gasteiger partial charge in [-0.3, -0.25) is 4.21 Å². The molecule has 0 aromatic carbocycles. The largest absolute Gasteiger partial charge is 0.311 e. The summed E-state index contributed by atoms with van der Waals surface area (Å²) in [6.45, 7) is 6.91. The van der Waals surface area contributed by atoms with Gasteiger partial charge in [0.2, 0.25) is 0 Å². The highest BCUT2D eigenvalue weighted by molar-refractivity contribution is 7.84. The molecule has 3 unspecified atom stereocenters. The second-order valence-electron chi connectivity index (χ2n) is 5.57. The van der Waals surface area contributed by atoms with Crippen molar-refractivity contribution < 1.29 is 4.21 Å². The van der Waals surface area contributed by atoms with Crippen molar-refractivity contribution >= 4 is 10.8 Å². The molecule has 1 aliphatic carbocycles. The molecule has 0 amide bonds. The van der Waals surface area contributed by atoms with E-state index in [1.165, 1.54) is 19.3 Å². The summed E-state index contributed by atoms with van der Waals surface area (Å²) in [7, 11) is -0.648. The number of hydrogen-bond donors (Lipinski definition) is 1. The van der Waals surface area contributed by atoms with Crippen LogP contribution in [0.1, 0.15) is 46.5 Å². The van der Waals surface area contributed by atoms with Crippen LogP contribution in [-0.2, 0) is 10.8 Å². The normalized spacial score (nSPS) is 28.9. The van der Waals surface area contributed by atoms with Gasteiger partial charge in [-0.2, -0.15) is 0 Å². The topological polar surface area (TPSA) is 29.1 Å². The summed E-state index contributed by atoms with van der Waals surface area (Å²) in [6, 6.07) is 1.15. The Hall–Kier alpha value is 0.110. The summed E-state index contributed by atoms with van der Waals surface area (Å²) >= 11 is 0. The quantitative estimate of drug-likeness (QED) is 0.787. The third kappa shape index (κ3) is 4.23. The molecule has 1 fully saturated rings. The molecule has 1 aliphatic rings. The van der Waals surface area contributed by atoms with E-state index in [4.69, 9.17) is 0 Å². The lowest BCUT2D eigenvalue weighted by molar-refractivity contribution is 0.264. The molecule has 90 valence electrons. The van der Waals surface area contributed by atoms with Gasteiger partial charge in [-0.25, -0.2) is 0 Å². The van der Waals surface area contributed by atoms with Gasteiger partial charge < -0.3 is 5.32 Å². The van der Waals surface area contributed by atoms with E-state index in [0.29, 0.717) is 17.5 Å². The molecule has 2 nitrogen and oxygen atoms in total. The van der Waals surface area contributed by atoms with Crippen LogP contribution in [0.3, 0.4) is 0 Å². The minimum absolute atomic E-state index is 0.444. The SMILES string of the molecule is CC(CCS(C)=O)NC1CCCC1(C)C. The summed E-state index contributed by atoms with van der Waals surface area (Å²) < 4.78 is 11.0. The molecule has 0 saturated heterocycles. The van der Waals surface area contributed by atoms with Crippen LogP contribution >= 0.6 is 0 Å². The molecule has 15 heavy (non-hydrogen) atoms. The van der Waals surface area contributed by atoms with Crippen molar-refractivity contribution in [3.8, 4) is 0 Å². The van der Waals surface area contributed by atoms with Crippen LogP contribution in [0.4, 0.5) is 0 Å². The average molecular weight is 231 g/mol. The lowest BCUT2D eigenvalue weighted by Crippen LogP contribution is -2.43. The Kier molecular flexibility index (Phi) is 4.78. The molecule has 1 rings (SSSR count). The van der Waals surface area contributed by atoms with E-state index < -0.39 is 10.8 Å². The zero-order valence-corrected chi connectivity index (χ0v) is 11.3. The van der Waals surface area contributed by atoms with Gasteiger partial charge in [-0.1, -0.05) is 20.3 Å². The summed E-state index contributed by atoms with van der Waals surface area (Å²) in [6.07, 6.45) is 6.78. The molecule has 0 bridgehead atoms. The molecular formula is C12H25NOS. The minimum Gasteiger partial charge on any atom is -0.311 e. The second kappa shape index (κ2) is 5.44. The maximum atomic E-state index is 11.0. The van der Waals surface area contributed by atoms with Gasteiger partial charge in [0.1, 0.15) is 0 Å². The van der Waals surface area contributed by atoms with Crippen molar-refractivity contribution in [1.82, 2.24) is 5.32 Å². The van der Waals surface area contributed by atoms with E-state index in [1.807, 2.05) is 0 Å². The predicted octanol–water partition coefficient (Wildman–Crippen LogP) is 2.31. The van der Waals surface area contributed by atoms with Crippen LogP contribution in [-0.4, -0.2) is 28.3 Å². The van der Waals surface area contributed by atoms with E-state index in [-0.39, 0.29) is 0 Å². The van der Waals surface area contributed by atoms with Gasteiger partial charge >= 0.3 is 0 Å². The van der Waals surface area contributed by atoms with Crippen molar-refractivity contribution in [2.45, 2.75) is 58.5 Å². The molecule has 0 aromatic heterocycles. The molecule has 3 heteroatoms. The summed E-state index contributed by atoms with van der Waals surface area (Å²) in [5.41, 5.74) is 0.444. The van der Waals surface area contributed by atoms with Crippen LogP contribution in [0.15, 0.2) is 0 Å². The average Bonchev–Trinajstić information content (AvgIpc) is 2.43. The van der Waals surface area contributed by atoms with Crippen LogP contribution in [0.25, 0.3) is 0 Å². The Labute approximate surface area is 96.7 Å². The van der Waals surface area contributed by atoms with Crippen molar-refractivity contribution in [3.05, 3.63) is 0 Å². The van der Waals surface area contributed by atoms with Crippen LogP contribution in [0, 0.1) is 5.41 Å². The summed E-state index contributed by atoms with van der Waals surface area (Å²) in [5.74, 6) is 0.821. The Morgan fingerprint density at radius 3 is 2.67 bits per heavy atom. The Balaban J connectivity index is 2.31. The van der Waals surface area contributed by atoms with Gasteiger partial charge in [0.15, 0.2) is 0 Å². The first kappa shape index (κ1) is 13.2. The Bertz CT molecular complexity index is 228. The first-order valence-electron chi connectivity index (χ1n) is 5.98. The second-order valence-corrected chi connectivity index (χ2v) is 7.12. The van der Waals surface area contributed by atoms with E-state index in [1.54, 1.807) is 6.26 Å². The monoisotopic (exact) mass is 231 g/mol. The smallest absolute Gasteiger partial charge is 0.0246 e. The van der Waals surface area contributed by atoms with E-state index in [2.05, 4.69) is 26.1 Å². The molecule has 1 saturated carbocycles. The zero-order chi connectivity index (χ0) is 11.5. The number of hydrogen-bond acceptors (Lipinski definition) is 2. The van der Waals surface area contributed by atoms with Crippen molar-refractivity contribution in [1.29, 1.82) is 0 Å². The standard InChI is InChI=1S/C12H25NOS/c1-10(7-9-15(4)14)13-11-6-5-8-12(11,2)3/h10-11,13H,5-9H2,1-4H3. The molecule has 0 aromatic rings. The highest BCUT2D eigenvalue weighted by atomic mass is 32.2. The number of nitrogens with one attached hydrogen (secondary N) is 1. The molecule has 1 N–H and O–H groups in total. The lowest BCUT2D eigenvalue weighted by atomic mass is 9.87. The predicted molar refractivity (Wildman–Crippen MR) is 67.6 cm³/mol. The summed E-state index contributed by atoms with van der Waals surface area (Å²) in [5, 5.41) is 3.69. The van der Waals surface area contributed by atoms with Gasteiger partial charge in [0.25, 0.3) is 0 Å². The van der Waals surface area contributed by atoms with Gasteiger partial charge in [0, 0.05) is 34.9 Å². The molecule has 0 spiro atoms. The first-order chi connectivity index (χ1) is 6.92. The van der Waals surface area contributed by atoms with Gasteiger partial charge in [-0.05, 0) is 31.6 Å². The molecule has 0 heterocycles. The Morgan fingerprint density at radius 2 is 2.20 bits per heavy atom. The third-order valence-corrected chi connectivity index (χ3v) is 4.39. The van der Waals surface area contributed by atoms with Crippen molar-refractivity contribution in [2.75, 3.05) is 12.0 Å². The highest BCUT2D eigenvalue weighted by Crippen LogP contribution is 2.37. The summed E-state index contributed by atoms with van der Waals surface area (Å²) in [4.78, 5) is 0. The fourth-order valence-corrected chi connectivity index (χ4v) is 3.09. The molecule has 0 aliphatic heterocycles. The Morgan fingerprint density at radius 1 is 1.53 bits per heavy atom. The highest BCUT2D eigenvalue weighted by Gasteiger charge is 2.34. The lowest BCUT2D eigenvalue weighted by Gasteiger charge is -2.30. The van der Waals surface area contributed by atoms with E-state index in [0.717, 1.165) is 12.2 Å². The zero-order valence-electron chi connectivity index (χ0n) is 10.5. The molecular weight excluding hydrogens is 206 g/mol. The number of rotatable bonds is 5. The fraction of sp³-hybridized carbons (Fsp3) is 1.00. The van der Waals surface area contributed by atoms with Crippen molar-refractivity contribution in [3.63, 3.8) is 0 Å². The molecule has 0 radical (unpaired) electrons. The van der Waals surface area contributed by atoms with Gasteiger partial charge in [-0.15, -0.1) is 0 Å². The van der Waals surface area contributed by atoms with Crippen molar-refractivity contribution in [2.24, 2.45) is 5.41 Å². The van der Waals surface area contributed by atoms with Crippen LogP contribution in [0.5, 0.6) is 0 Å². The maximum Gasteiger partial charge on any atom is 0.0246 e. The van der Waals surface area contributed by atoms with E-state index in [9.17, 15) is 4.21 Å². The van der Waals surface area contributed by atoms with E-state index >= 15 is 0 Å². The van der Waals surface area contributed by atoms with Gasteiger partial charge in [0.05, 0.1) is 0 Å². The minimum atomic E-state index is -0.648. The first-order valence-corrected chi connectivity index (χ1v) is 7.70. The maximum absolute atomic E-state index is 11.0.